The zero-order chi connectivity index (χ0) is 10.0. The molecule has 1 saturated heterocycles. The average Bonchev–Trinajstić information content (AvgIpc) is 2.31. The molecule has 10 heteroatoms. The van der Waals surface area contributed by atoms with E-state index in [2.05, 4.69) is 14.0 Å². The third kappa shape index (κ3) is 3.02. The van der Waals surface area contributed by atoms with E-state index in [0.717, 1.165) is 0 Å². The number of rotatable bonds is 1. The summed E-state index contributed by atoms with van der Waals surface area (Å²) in [4.78, 5) is 40.6. The van der Waals surface area contributed by atoms with Crippen molar-refractivity contribution in [3.05, 3.63) is 0 Å². The van der Waals surface area contributed by atoms with Crippen LogP contribution in [0.5, 0.6) is 0 Å². The molecule has 1 fully saturated rings. The molecule has 8 nitrogen and oxygen atoms in total. The molecule has 68 valence electrons. The minimum absolute atomic E-state index is 0. The number of carboxylic acids is 1. The van der Waals surface area contributed by atoms with Gasteiger partial charge in [0.1, 0.15) is 0 Å². The van der Waals surface area contributed by atoms with Gasteiger partial charge in [-0.3, -0.25) is 0 Å². The first kappa shape index (κ1) is 12.9. The van der Waals surface area contributed by atoms with Crippen LogP contribution in [0.4, 0.5) is 0 Å². The summed E-state index contributed by atoms with van der Waals surface area (Å²) < 4.78 is 11.7. The Morgan fingerprint density at radius 1 is 1.21 bits per heavy atom. The fourth-order valence-corrected chi connectivity index (χ4v) is 0.479. The Kier molecular flexibility index (Phi) is 4.61. The van der Waals surface area contributed by atoms with Crippen LogP contribution in [0.15, 0.2) is 0 Å². The van der Waals surface area contributed by atoms with Gasteiger partial charge in [0.25, 0.3) is 0 Å². The summed E-state index contributed by atoms with van der Waals surface area (Å²) >= 11 is 0. The van der Waals surface area contributed by atoms with Gasteiger partial charge in [0.15, 0.2) is 5.97 Å². The minimum atomic E-state index is -2.14. The molecule has 14 heavy (non-hydrogen) atoms. The van der Waals surface area contributed by atoms with Crippen LogP contribution < -0.4 is 34.7 Å². The molecule has 0 aliphatic carbocycles. The zero-order valence-electron chi connectivity index (χ0n) is 6.84. The average molecular weight is 210 g/mol. The molecule has 1 heterocycles. The number of hydrogen-bond donors (Lipinski definition) is 0. The molecule has 0 unspecified atom stereocenters. The minimum Gasteiger partial charge on any atom is -0.539 e. The van der Waals surface area contributed by atoms with E-state index >= 15 is 0 Å². The molecule has 0 saturated carbocycles. The van der Waals surface area contributed by atoms with E-state index in [1.54, 1.807) is 0 Å². The van der Waals surface area contributed by atoms with Crippen molar-refractivity contribution < 1.29 is 67.8 Å². The van der Waals surface area contributed by atoms with Gasteiger partial charge in [0.2, 0.25) is 0 Å². The maximum absolute atomic E-state index is 10.3. The standard InChI is InChI=1S/C4HBO8.Na/c6-1(7)2(8)11-5-12-3(9)4(10)13-5;/h(H,6,7);/q;+1/p-1. The summed E-state index contributed by atoms with van der Waals surface area (Å²) in [6, 6.07) is 0. The molecule has 0 radical (unpaired) electrons. The van der Waals surface area contributed by atoms with E-state index in [0.29, 0.717) is 0 Å². The van der Waals surface area contributed by atoms with E-state index in [4.69, 9.17) is 0 Å². The topological polar surface area (TPSA) is 119 Å². The van der Waals surface area contributed by atoms with Crippen LogP contribution in [0.2, 0.25) is 0 Å². The fourth-order valence-electron chi connectivity index (χ4n) is 0.479. The Labute approximate surface area is 99.0 Å². The van der Waals surface area contributed by atoms with Crippen LogP contribution in [0.3, 0.4) is 0 Å². The molecule has 0 spiro atoms. The van der Waals surface area contributed by atoms with Gasteiger partial charge in [-0.2, -0.15) is 0 Å². The van der Waals surface area contributed by atoms with Crippen LogP contribution >= 0.6 is 0 Å². The summed E-state index contributed by atoms with van der Waals surface area (Å²) in [6.45, 7) is 0. The number of aliphatic carboxylic acids is 1. The molecule has 0 N–H and O–H groups in total. The van der Waals surface area contributed by atoms with Gasteiger partial charge in [-0.05, 0) is 0 Å². The maximum Gasteiger partial charge on any atom is 1.00 e. The number of hydrogen-bond acceptors (Lipinski definition) is 8. The van der Waals surface area contributed by atoms with Gasteiger partial charge < -0.3 is 23.9 Å². The van der Waals surface area contributed by atoms with E-state index < -0.39 is 31.2 Å². The van der Waals surface area contributed by atoms with Crippen molar-refractivity contribution >= 4 is 31.2 Å². The predicted octanol–water partition coefficient (Wildman–Crippen LogP) is -6.63. The molecule has 0 aromatic rings. The predicted molar refractivity (Wildman–Crippen MR) is 29.0 cm³/mol. The first-order valence-electron chi connectivity index (χ1n) is 2.84. The van der Waals surface area contributed by atoms with Gasteiger partial charge in [-0.25, -0.2) is 14.4 Å². The third-order valence-corrected chi connectivity index (χ3v) is 0.943. The summed E-state index contributed by atoms with van der Waals surface area (Å²) in [7, 11) is -1.94. The van der Waals surface area contributed by atoms with Crippen molar-refractivity contribution in [2.45, 2.75) is 0 Å². The van der Waals surface area contributed by atoms with Crippen LogP contribution in [-0.2, 0) is 33.1 Å². The molecule has 1 aliphatic rings. The third-order valence-electron chi connectivity index (χ3n) is 0.943. The SMILES string of the molecule is O=C([O-])C(=O)OB1OC(=O)C(=O)O1.[Na+]. The maximum atomic E-state index is 10.3. The second kappa shape index (κ2) is 4.98. The normalized spacial score (nSPS) is 13.9. The van der Waals surface area contributed by atoms with Crippen molar-refractivity contribution in [2.75, 3.05) is 0 Å². The molecular weight excluding hydrogens is 210 g/mol. The molecule has 0 bridgehead atoms. The van der Waals surface area contributed by atoms with E-state index in [1.165, 1.54) is 0 Å². The van der Waals surface area contributed by atoms with Crippen molar-refractivity contribution in [1.29, 1.82) is 0 Å². The van der Waals surface area contributed by atoms with Crippen molar-refractivity contribution in [2.24, 2.45) is 0 Å². The van der Waals surface area contributed by atoms with Gasteiger partial charge in [-0.1, -0.05) is 0 Å². The molecule has 0 aromatic carbocycles. The van der Waals surface area contributed by atoms with Crippen LogP contribution in [0.1, 0.15) is 0 Å². The molecule has 0 aromatic heterocycles. The van der Waals surface area contributed by atoms with Crippen LogP contribution in [0.25, 0.3) is 0 Å². The molecular formula is C4BNaO8. The van der Waals surface area contributed by atoms with Crippen LogP contribution in [-0.4, -0.2) is 31.2 Å². The first-order chi connectivity index (χ1) is 6.00. The zero-order valence-corrected chi connectivity index (χ0v) is 8.84. The van der Waals surface area contributed by atoms with Crippen LogP contribution in [0, 0.1) is 0 Å². The first-order valence-corrected chi connectivity index (χ1v) is 2.84. The largest absolute Gasteiger partial charge is 1.00 e. The fraction of sp³-hybridized carbons (Fsp3) is 0. The van der Waals surface area contributed by atoms with E-state index in [9.17, 15) is 24.3 Å². The van der Waals surface area contributed by atoms with E-state index in [-0.39, 0.29) is 29.6 Å². The Bertz CT molecular complexity index is 284. The molecule has 0 amide bonds. The van der Waals surface area contributed by atoms with E-state index in [1.807, 2.05) is 0 Å². The number of carbonyl (C=O) groups is 4. The molecule has 0 atom stereocenters. The summed E-state index contributed by atoms with van der Waals surface area (Å²) in [6.07, 6.45) is 0. The summed E-state index contributed by atoms with van der Waals surface area (Å²) in [5.41, 5.74) is 0. The van der Waals surface area contributed by atoms with Gasteiger partial charge in [0.05, 0.1) is 0 Å². The van der Waals surface area contributed by atoms with Crippen molar-refractivity contribution in [1.82, 2.24) is 0 Å². The Morgan fingerprint density at radius 2 is 1.64 bits per heavy atom. The summed E-state index contributed by atoms with van der Waals surface area (Å²) in [5.74, 6) is -6.67. The Balaban J connectivity index is 0.00000169. The number of carbonyl (C=O) groups excluding carboxylic acids is 4. The van der Waals surface area contributed by atoms with Gasteiger partial charge >= 0.3 is 54.8 Å². The summed E-state index contributed by atoms with van der Waals surface area (Å²) in [5, 5.41) is 9.78. The second-order valence-electron chi connectivity index (χ2n) is 1.79. The Morgan fingerprint density at radius 3 is 2.00 bits per heavy atom. The second-order valence-corrected chi connectivity index (χ2v) is 1.79. The van der Waals surface area contributed by atoms with Gasteiger partial charge in [0, 0.05) is 0 Å². The smallest absolute Gasteiger partial charge is 0.539 e. The Hall–Kier alpha value is -1.06. The van der Waals surface area contributed by atoms with Gasteiger partial charge in [-0.15, -0.1) is 0 Å². The van der Waals surface area contributed by atoms with Crippen molar-refractivity contribution in [3.63, 3.8) is 0 Å². The number of carboxylic acid groups (broad SMARTS) is 1. The quantitative estimate of drug-likeness (QED) is 0.309. The molecule has 1 rings (SSSR count). The monoisotopic (exact) mass is 210 g/mol. The molecule has 1 aliphatic heterocycles. The van der Waals surface area contributed by atoms with Crippen molar-refractivity contribution in [3.8, 4) is 0 Å².